The summed E-state index contributed by atoms with van der Waals surface area (Å²) in [5, 5.41) is 8.52. The number of nitrogens with one attached hydrogen (secondary N) is 3. The van der Waals surface area contributed by atoms with Gasteiger partial charge in [-0.25, -0.2) is 9.37 Å². The molecule has 136 valence electrons. The minimum absolute atomic E-state index is 0.129. The smallest absolute Gasteiger partial charge is 0.255 e. The first kappa shape index (κ1) is 18.1. The second kappa shape index (κ2) is 8.09. The van der Waals surface area contributed by atoms with Crippen LogP contribution >= 0.6 is 0 Å². The number of hydrogen-bond acceptors (Lipinski definition) is 4. The lowest BCUT2D eigenvalue weighted by Gasteiger charge is -2.09. The molecule has 7 heteroatoms. The van der Waals surface area contributed by atoms with Crippen LogP contribution in [0.5, 0.6) is 0 Å². The molecule has 1 heterocycles. The highest BCUT2D eigenvalue weighted by molar-refractivity contribution is 6.04. The van der Waals surface area contributed by atoms with Gasteiger partial charge in [0.25, 0.3) is 5.91 Å². The Bertz CT molecular complexity index is 939. The van der Waals surface area contributed by atoms with Crippen LogP contribution in [0.1, 0.15) is 17.3 Å². The summed E-state index contributed by atoms with van der Waals surface area (Å²) >= 11 is 0. The SMILES string of the molecule is CC(=O)Nc1ccc(Nc2ccc(NC(=O)c3ccc(F)cc3)cn2)cc1. The molecule has 2 aromatic carbocycles. The Kier molecular flexibility index (Phi) is 5.41. The molecule has 3 N–H and O–H groups in total. The molecular formula is C20H17FN4O2. The molecule has 0 radical (unpaired) electrons. The van der Waals surface area contributed by atoms with E-state index in [1.807, 2.05) is 12.1 Å². The van der Waals surface area contributed by atoms with Crippen molar-refractivity contribution in [1.82, 2.24) is 4.98 Å². The van der Waals surface area contributed by atoms with Gasteiger partial charge in [-0.3, -0.25) is 9.59 Å². The van der Waals surface area contributed by atoms with Crippen molar-refractivity contribution in [2.24, 2.45) is 0 Å². The molecule has 0 aliphatic rings. The van der Waals surface area contributed by atoms with E-state index in [0.29, 0.717) is 22.8 Å². The van der Waals surface area contributed by atoms with Crippen LogP contribution in [-0.4, -0.2) is 16.8 Å². The predicted octanol–water partition coefficient (Wildman–Crippen LogP) is 4.18. The summed E-state index contributed by atoms with van der Waals surface area (Å²) in [6, 6.07) is 15.9. The maximum absolute atomic E-state index is 12.9. The summed E-state index contributed by atoms with van der Waals surface area (Å²) in [7, 11) is 0. The predicted molar refractivity (Wildman–Crippen MR) is 103 cm³/mol. The van der Waals surface area contributed by atoms with E-state index in [9.17, 15) is 14.0 Å². The van der Waals surface area contributed by atoms with Crippen molar-refractivity contribution in [3.05, 3.63) is 78.2 Å². The molecule has 6 nitrogen and oxygen atoms in total. The van der Waals surface area contributed by atoms with Gasteiger partial charge in [-0.15, -0.1) is 0 Å². The molecule has 0 bridgehead atoms. The summed E-state index contributed by atoms with van der Waals surface area (Å²) in [5.74, 6) is -0.266. The molecule has 2 amide bonds. The Balaban J connectivity index is 1.60. The molecule has 0 aliphatic heterocycles. The van der Waals surface area contributed by atoms with E-state index in [0.717, 1.165) is 5.69 Å². The number of benzene rings is 2. The van der Waals surface area contributed by atoms with E-state index in [2.05, 4.69) is 20.9 Å². The summed E-state index contributed by atoms with van der Waals surface area (Å²) in [4.78, 5) is 27.4. The van der Waals surface area contributed by atoms with Crippen LogP contribution in [0.25, 0.3) is 0 Å². The second-order valence-corrected chi connectivity index (χ2v) is 5.78. The van der Waals surface area contributed by atoms with Crippen molar-refractivity contribution >= 4 is 34.7 Å². The van der Waals surface area contributed by atoms with E-state index < -0.39 is 5.82 Å². The van der Waals surface area contributed by atoms with E-state index >= 15 is 0 Å². The Morgan fingerprint density at radius 3 is 2.04 bits per heavy atom. The maximum Gasteiger partial charge on any atom is 0.255 e. The Labute approximate surface area is 155 Å². The van der Waals surface area contributed by atoms with Gasteiger partial charge in [0.05, 0.1) is 11.9 Å². The molecule has 0 unspecified atom stereocenters. The number of amides is 2. The van der Waals surface area contributed by atoms with Crippen LogP contribution in [0.3, 0.4) is 0 Å². The lowest BCUT2D eigenvalue weighted by Crippen LogP contribution is -2.12. The minimum Gasteiger partial charge on any atom is -0.340 e. The molecule has 3 aromatic rings. The topological polar surface area (TPSA) is 83.1 Å². The van der Waals surface area contributed by atoms with E-state index in [1.165, 1.54) is 37.4 Å². The molecule has 0 saturated heterocycles. The Morgan fingerprint density at radius 2 is 1.44 bits per heavy atom. The van der Waals surface area contributed by atoms with Crippen molar-refractivity contribution in [3.8, 4) is 0 Å². The average Bonchev–Trinajstić information content (AvgIpc) is 2.65. The van der Waals surface area contributed by atoms with E-state index in [-0.39, 0.29) is 11.8 Å². The lowest BCUT2D eigenvalue weighted by molar-refractivity contribution is -0.114. The van der Waals surface area contributed by atoms with Crippen LogP contribution < -0.4 is 16.0 Å². The zero-order chi connectivity index (χ0) is 19.2. The van der Waals surface area contributed by atoms with Crippen LogP contribution in [0.4, 0.5) is 27.3 Å². The third kappa shape index (κ3) is 5.12. The number of aromatic nitrogens is 1. The monoisotopic (exact) mass is 364 g/mol. The van der Waals surface area contributed by atoms with Crippen molar-refractivity contribution < 1.29 is 14.0 Å². The number of carbonyl (C=O) groups is 2. The molecule has 0 spiro atoms. The largest absolute Gasteiger partial charge is 0.340 e. The van der Waals surface area contributed by atoms with Crippen molar-refractivity contribution in [2.45, 2.75) is 6.92 Å². The van der Waals surface area contributed by atoms with Crippen LogP contribution in [0, 0.1) is 5.82 Å². The molecule has 0 saturated carbocycles. The summed E-state index contributed by atoms with van der Waals surface area (Å²) in [6.07, 6.45) is 1.52. The molecule has 27 heavy (non-hydrogen) atoms. The highest BCUT2D eigenvalue weighted by Crippen LogP contribution is 2.19. The first-order valence-corrected chi connectivity index (χ1v) is 8.17. The number of carbonyl (C=O) groups excluding carboxylic acids is 2. The quantitative estimate of drug-likeness (QED) is 0.634. The molecule has 1 aromatic heterocycles. The van der Waals surface area contributed by atoms with Gasteiger partial charge >= 0.3 is 0 Å². The summed E-state index contributed by atoms with van der Waals surface area (Å²) in [5.41, 5.74) is 2.40. The molecule has 0 atom stereocenters. The van der Waals surface area contributed by atoms with Gasteiger partial charge in [0.1, 0.15) is 11.6 Å². The molecule has 0 fully saturated rings. The maximum atomic E-state index is 12.9. The van der Waals surface area contributed by atoms with Crippen LogP contribution in [0.15, 0.2) is 66.9 Å². The van der Waals surface area contributed by atoms with Gasteiger partial charge in [-0.05, 0) is 60.7 Å². The number of hydrogen-bond donors (Lipinski definition) is 3. The first-order chi connectivity index (χ1) is 13.0. The number of anilines is 4. The van der Waals surface area contributed by atoms with Gasteiger partial charge in [0, 0.05) is 23.9 Å². The molecule has 0 aliphatic carbocycles. The van der Waals surface area contributed by atoms with Gasteiger partial charge in [-0.2, -0.15) is 0 Å². The van der Waals surface area contributed by atoms with E-state index in [1.54, 1.807) is 24.3 Å². The Morgan fingerprint density at radius 1 is 0.815 bits per heavy atom. The Hall–Kier alpha value is -3.74. The first-order valence-electron chi connectivity index (χ1n) is 8.17. The minimum atomic E-state index is -0.395. The number of pyridine rings is 1. The fourth-order valence-electron chi connectivity index (χ4n) is 2.33. The summed E-state index contributed by atoms with van der Waals surface area (Å²) < 4.78 is 12.9. The molecular weight excluding hydrogens is 347 g/mol. The fraction of sp³-hybridized carbons (Fsp3) is 0.0500. The third-order valence-corrected chi connectivity index (χ3v) is 3.61. The van der Waals surface area contributed by atoms with Crippen LogP contribution in [-0.2, 0) is 4.79 Å². The van der Waals surface area contributed by atoms with E-state index in [4.69, 9.17) is 0 Å². The van der Waals surface area contributed by atoms with Crippen molar-refractivity contribution in [1.29, 1.82) is 0 Å². The van der Waals surface area contributed by atoms with Crippen molar-refractivity contribution in [3.63, 3.8) is 0 Å². The zero-order valence-corrected chi connectivity index (χ0v) is 14.5. The molecule has 3 rings (SSSR count). The van der Waals surface area contributed by atoms with Crippen LogP contribution in [0.2, 0.25) is 0 Å². The number of halogens is 1. The zero-order valence-electron chi connectivity index (χ0n) is 14.5. The highest BCUT2D eigenvalue weighted by atomic mass is 19.1. The average molecular weight is 364 g/mol. The van der Waals surface area contributed by atoms with Gasteiger partial charge in [-0.1, -0.05) is 0 Å². The fourth-order valence-corrected chi connectivity index (χ4v) is 2.33. The number of nitrogens with zero attached hydrogens (tertiary/aromatic N) is 1. The van der Waals surface area contributed by atoms with Gasteiger partial charge in [0.2, 0.25) is 5.91 Å². The van der Waals surface area contributed by atoms with Gasteiger partial charge < -0.3 is 16.0 Å². The standard InChI is InChI=1S/C20H17FN4O2/c1-13(26)23-16-6-8-17(9-7-16)24-19-11-10-18(12-22-19)25-20(27)14-2-4-15(21)5-3-14/h2-12H,1H3,(H,22,24)(H,23,26)(H,25,27). The third-order valence-electron chi connectivity index (χ3n) is 3.61. The second-order valence-electron chi connectivity index (χ2n) is 5.78. The lowest BCUT2D eigenvalue weighted by atomic mass is 10.2. The summed E-state index contributed by atoms with van der Waals surface area (Å²) in [6.45, 7) is 1.45. The normalized spacial score (nSPS) is 10.1. The van der Waals surface area contributed by atoms with Crippen molar-refractivity contribution in [2.75, 3.05) is 16.0 Å². The van der Waals surface area contributed by atoms with Gasteiger partial charge in [0.15, 0.2) is 0 Å². The highest BCUT2D eigenvalue weighted by Gasteiger charge is 2.06. The number of rotatable bonds is 5.